The fourth-order valence-electron chi connectivity index (χ4n) is 1.42. The van der Waals surface area contributed by atoms with Gasteiger partial charge in [0.1, 0.15) is 5.69 Å². The van der Waals surface area contributed by atoms with Crippen LogP contribution in [0.2, 0.25) is 0 Å². The van der Waals surface area contributed by atoms with Crippen LogP contribution in [0.25, 0.3) is 0 Å². The van der Waals surface area contributed by atoms with Crippen molar-refractivity contribution in [3.8, 4) is 0 Å². The lowest BCUT2D eigenvalue weighted by molar-refractivity contribution is 0.0962. The topological polar surface area (TPSA) is 59.8 Å². The summed E-state index contributed by atoms with van der Waals surface area (Å²) in [5, 5.41) is 10.7. The summed E-state index contributed by atoms with van der Waals surface area (Å²) >= 11 is 3.21. The maximum absolute atomic E-state index is 11.9. The predicted molar refractivity (Wildman–Crippen MR) is 60.8 cm³/mol. The zero-order chi connectivity index (χ0) is 11.4. The van der Waals surface area contributed by atoms with E-state index in [2.05, 4.69) is 31.6 Å². The second kappa shape index (κ2) is 5.37. The normalized spacial score (nSPS) is 12.8. The van der Waals surface area contributed by atoms with Gasteiger partial charge in [-0.1, -0.05) is 12.1 Å². The molecule has 0 spiro atoms. The van der Waals surface area contributed by atoms with E-state index in [0.29, 0.717) is 16.7 Å². The molecule has 1 aromatic heterocycles. The Balaban J connectivity index is 2.69. The fourth-order valence-corrected chi connectivity index (χ4v) is 1.97. The molecule has 5 nitrogen and oxygen atoms in total. The maximum atomic E-state index is 11.9. The molecule has 0 fully saturated rings. The Kier molecular flexibility index (Phi) is 4.41. The highest BCUT2D eigenvalue weighted by Gasteiger charge is 2.18. The molecule has 0 saturated heterocycles. The first kappa shape index (κ1) is 12.3. The van der Waals surface area contributed by atoms with Crippen LogP contribution >= 0.6 is 15.9 Å². The Hall–Kier alpha value is -0.750. The van der Waals surface area contributed by atoms with Gasteiger partial charge in [-0.2, -0.15) is 0 Å². The van der Waals surface area contributed by atoms with Crippen molar-refractivity contribution in [1.82, 2.24) is 20.3 Å². The van der Waals surface area contributed by atoms with Gasteiger partial charge in [0, 0.05) is 19.5 Å². The average molecular weight is 275 g/mol. The first-order chi connectivity index (χ1) is 7.06. The number of carbonyl (C=O) groups is 1. The number of carbonyl (C=O) groups excluding carboxylic acids is 1. The second-order valence-electron chi connectivity index (χ2n) is 3.44. The van der Waals surface area contributed by atoms with E-state index in [1.807, 2.05) is 13.8 Å². The summed E-state index contributed by atoms with van der Waals surface area (Å²) in [5.41, 5.74) is 0.528. The van der Waals surface area contributed by atoms with E-state index in [1.165, 1.54) is 4.68 Å². The van der Waals surface area contributed by atoms with E-state index >= 15 is 0 Å². The van der Waals surface area contributed by atoms with Gasteiger partial charge in [0.15, 0.2) is 10.4 Å². The van der Waals surface area contributed by atoms with Crippen LogP contribution < -0.4 is 5.32 Å². The Labute approximate surface area is 97.4 Å². The van der Waals surface area contributed by atoms with Crippen molar-refractivity contribution in [3.05, 3.63) is 10.3 Å². The predicted octanol–water partition coefficient (Wildman–Crippen LogP) is 1.15. The van der Waals surface area contributed by atoms with Gasteiger partial charge in [0.05, 0.1) is 0 Å². The van der Waals surface area contributed by atoms with Gasteiger partial charge in [0.25, 0.3) is 0 Å². The minimum absolute atomic E-state index is 0.0443. The Bertz CT molecular complexity index is 330. The van der Waals surface area contributed by atoms with Crippen LogP contribution in [-0.2, 0) is 7.05 Å². The van der Waals surface area contributed by atoms with Crippen molar-refractivity contribution in [3.63, 3.8) is 0 Å². The highest BCUT2D eigenvalue weighted by Crippen LogP contribution is 2.14. The molecule has 0 aromatic carbocycles. The van der Waals surface area contributed by atoms with Crippen LogP contribution in [0.4, 0.5) is 0 Å². The van der Waals surface area contributed by atoms with Gasteiger partial charge in [-0.3, -0.25) is 4.79 Å². The van der Waals surface area contributed by atoms with Crippen LogP contribution in [0.15, 0.2) is 4.60 Å². The molecule has 1 unspecified atom stereocenters. The van der Waals surface area contributed by atoms with E-state index in [9.17, 15) is 4.79 Å². The molecule has 1 aromatic rings. The zero-order valence-electron chi connectivity index (χ0n) is 9.12. The smallest absolute Gasteiger partial charge is 0.185 e. The summed E-state index contributed by atoms with van der Waals surface area (Å²) in [6, 6.07) is 0.171. The van der Waals surface area contributed by atoms with E-state index in [-0.39, 0.29) is 11.8 Å². The molecule has 0 bridgehead atoms. The third kappa shape index (κ3) is 3.10. The van der Waals surface area contributed by atoms with Crippen LogP contribution in [0.3, 0.4) is 0 Å². The summed E-state index contributed by atoms with van der Waals surface area (Å²) in [7, 11) is 1.71. The largest absolute Gasteiger partial charge is 0.314 e. The van der Waals surface area contributed by atoms with E-state index in [4.69, 9.17) is 0 Å². The molecule has 0 radical (unpaired) electrons. The van der Waals surface area contributed by atoms with Crippen molar-refractivity contribution in [1.29, 1.82) is 0 Å². The fraction of sp³-hybridized carbons (Fsp3) is 0.667. The SMILES string of the molecule is CCNC(C)CC(=O)c1c(Br)nnn1C. The number of rotatable bonds is 5. The lowest BCUT2D eigenvalue weighted by atomic mass is 10.1. The first-order valence-corrected chi connectivity index (χ1v) is 5.67. The molecule has 1 N–H and O–H groups in total. The third-order valence-corrected chi connectivity index (χ3v) is 2.63. The quantitative estimate of drug-likeness (QED) is 0.819. The number of aryl methyl sites for hydroxylation is 1. The molecule has 1 rings (SSSR count). The molecule has 6 heteroatoms. The molecule has 84 valence electrons. The number of aromatic nitrogens is 3. The third-order valence-electron chi connectivity index (χ3n) is 2.09. The minimum atomic E-state index is 0.0443. The number of ketones is 1. The van der Waals surface area contributed by atoms with E-state index < -0.39 is 0 Å². The van der Waals surface area contributed by atoms with Crippen LogP contribution in [0.5, 0.6) is 0 Å². The number of nitrogens with one attached hydrogen (secondary N) is 1. The van der Waals surface area contributed by atoms with Gasteiger partial charge >= 0.3 is 0 Å². The molecule has 0 aliphatic carbocycles. The molecule has 1 heterocycles. The molecule has 0 aliphatic rings. The van der Waals surface area contributed by atoms with Crippen LogP contribution in [-0.4, -0.2) is 33.4 Å². The standard InChI is InChI=1S/C9H15BrN4O/c1-4-11-6(2)5-7(15)8-9(10)12-13-14(8)3/h6,11H,4-5H2,1-3H3. The number of nitrogens with zero attached hydrogens (tertiary/aromatic N) is 3. The Morgan fingerprint density at radius 2 is 2.33 bits per heavy atom. The molecule has 0 saturated carbocycles. The Morgan fingerprint density at radius 3 is 2.80 bits per heavy atom. The first-order valence-electron chi connectivity index (χ1n) is 4.88. The summed E-state index contributed by atoms with van der Waals surface area (Å²) < 4.78 is 2.00. The molecule has 0 aliphatic heterocycles. The number of hydrogen-bond donors (Lipinski definition) is 1. The highest BCUT2D eigenvalue weighted by molar-refractivity contribution is 9.10. The summed E-state index contributed by atoms with van der Waals surface area (Å²) in [5.74, 6) is 0.0443. The van der Waals surface area contributed by atoms with Gasteiger partial charge in [-0.25, -0.2) is 4.68 Å². The van der Waals surface area contributed by atoms with Crippen molar-refractivity contribution < 1.29 is 4.79 Å². The Morgan fingerprint density at radius 1 is 1.67 bits per heavy atom. The summed E-state index contributed by atoms with van der Waals surface area (Å²) in [6.07, 6.45) is 0.452. The number of hydrogen-bond acceptors (Lipinski definition) is 4. The molecule has 15 heavy (non-hydrogen) atoms. The second-order valence-corrected chi connectivity index (χ2v) is 4.19. The average Bonchev–Trinajstić information content (AvgIpc) is 2.46. The lowest BCUT2D eigenvalue weighted by Crippen LogP contribution is -2.28. The van der Waals surface area contributed by atoms with Crippen LogP contribution in [0, 0.1) is 0 Å². The van der Waals surface area contributed by atoms with Gasteiger partial charge in [-0.15, -0.1) is 5.10 Å². The van der Waals surface area contributed by atoms with Crippen molar-refractivity contribution in [2.24, 2.45) is 7.05 Å². The molecular weight excluding hydrogens is 260 g/mol. The van der Waals surface area contributed by atoms with Gasteiger partial charge < -0.3 is 5.32 Å². The van der Waals surface area contributed by atoms with Gasteiger partial charge in [-0.05, 0) is 29.4 Å². The monoisotopic (exact) mass is 274 g/mol. The van der Waals surface area contributed by atoms with Crippen LogP contribution in [0.1, 0.15) is 30.8 Å². The summed E-state index contributed by atoms with van der Waals surface area (Å²) in [6.45, 7) is 4.86. The van der Waals surface area contributed by atoms with Crippen molar-refractivity contribution in [2.75, 3.05) is 6.54 Å². The summed E-state index contributed by atoms with van der Waals surface area (Å²) in [4.78, 5) is 11.9. The van der Waals surface area contributed by atoms with Crippen molar-refractivity contribution in [2.45, 2.75) is 26.3 Å². The van der Waals surface area contributed by atoms with E-state index in [1.54, 1.807) is 7.05 Å². The number of halogens is 1. The molecule has 1 atom stereocenters. The minimum Gasteiger partial charge on any atom is -0.314 e. The van der Waals surface area contributed by atoms with Gasteiger partial charge in [0.2, 0.25) is 0 Å². The van der Waals surface area contributed by atoms with E-state index in [0.717, 1.165) is 6.54 Å². The highest BCUT2D eigenvalue weighted by atomic mass is 79.9. The maximum Gasteiger partial charge on any atom is 0.185 e. The lowest BCUT2D eigenvalue weighted by Gasteiger charge is -2.10. The van der Waals surface area contributed by atoms with Crippen molar-refractivity contribution >= 4 is 21.7 Å². The molecular formula is C9H15BrN4O. The molecule has 0 amide bonds. The number of Topliss-reactive ketones (excluding diaryl/α,β-unsaturated/α-hetero) is 1. The zero-order valence-corrected chi connectivity index (χ0v) is 10.7.